The molecule has 1 aromatic rings. The number of nitrogen functional groups attached to an aromatic ring is 1. The standard InChI is InChI=1S/C15H25N3O2S/c1-10-8-14(16)13(4)15(9-10)21(19,20)17-18-11(2)6-5-7-12(18)3/h8-9,11-12,17H,5-7,16H2,1-4H3. The Hall–Kier alpha value is -1.11. The molecule has 2 unspecified atom stereocenters. The topological polar surface area (TPSA) is 75.4 Å². The van der Waals surface area contributed by atoms with Crippen molar-refractivity contribution in [3.8, 4) is 0 Å². The number of piperidine rings is 1. The number of aryl methyl sites for hydroxylation is 1. The number of hydrogen-bond donors (Lipinski definition) is 2. The molecule has 21 heavy (non-hydrogen) atoms. The Kier molecular flexibility index (Phi) is 4.60. The van der Waals surface area contributed by atoms with Gasteiger partial charge in [0.2, 0.25) is 0 Å². The Morgan fingerprint density at radius 1 is 1.19 bits per heavy atom. The third-order valence-corrected chi connectivity index (χ3v) is 5.71. The zero-order valence-corrected chi connectivity index (χ0v) is 14.0. The molecule has 1 aliphatic heterocycles. The van der Waals surface area contributed by atoms with Crippen LogP contribution in [-0.2, 0) is 10.0 Å². The molecule has 6 heteroatoms. The molecule has 1 fully saturated rings. The first-order valence-electron chi connectivity index (χ1n) is 7.40. The molecule has 5 nitrogen and oxygen atoms in total. The predicted octanol–water partition coefficient (Wildman–Crippen LogP) is 2.34. The molecule has 1 aliphatic rings. The van der Waals surface area contributed by atoms with E-state index in [1.54, 1.807) is 19.1 Å². The highest BCUT2D eigenvalue weighted by atomic mass is 32.2. The van der Waals surface area contributed by atoms with Gasteiger partial charge in [-0.05, 0) is 63.8 Å². The van der Waals surface area contributed by atoms with Crippen molar-refractivity contribution in [1.29, 1.82) is 0 Å². The van der Waals surface area contributed by atoms with Crippen molar-refractivity contribution in [2.45, 2.75) is 63.9 Å². The summed E-state index contributed by atoms with van der Waals surface area (Å²) in [6.07, 6.45) is 3.14. The Morgan fingerprint density at radius 3 is 2.33 bits per heavy atom. The van der Waals surface area contributed by atoms with Crippen LogP contribution in [0.3, 0.4) is 0 Å². The average molecular weight is 311 g/mol. The highest BCUT2D eigenvalue weighted by Gasteiger charge is 2.30. The predicted molar refractivity (Wildman–Crippen MR) is 85.3 cm³/mol. The van der Waals surface area contributed by atoms with Crippen LogP contribution in [0.2, 0.25) is 0 Å². The SMILES string of the molecule is Cc1cc(N)c(C)c(S(=O)(=O)NN2C(C)CCCC2C)c1. The second-order valence-corrected chi connectivity index (χ2v) is 7.74. The third-order valence-electron chi connectivity index (χ3n) is 4.25. The zero-order chi connectivity index (χ0) is 15.8. The summed E-state index contributed by atoms with van der Waals surface area (Å²) in [7, 11) is -3.61. The molecule has 0 bridgehead atoms. The van der Waals surface area contributed by atoms with Gasteiger partial charge in [0.25, 0.3) is 10.0 Å². The van der Waals surface area contributed by atoms with Crippen LogP contribution in [0.5, 0.6) is 0 Å². The lowest BCUT2D eigenvalue weighted by Gasteiger charge is -2.38. The Bertz CT molecular complexity index is 618. The maximum atomic E-state index is 12.7. The number of benzene rings is 1. The number of anilines is 1. The van der Waals surface area contributed by atoms with Gasteiger partial charge in [0.15, 0.2) is 0 Å². The monoisotopic (exact) mass is 311 g/mol. The van der Waals surface area contributed by atoms with E-state index >= 15 is 0 Å². The van der Waals surface area contributed by atoms with Crippen LogP contribution in [0.4, 0.5) is 5.69 Å². The summed E-state index contributed by atoms with van der Waals surface area (Å²) >= 11 is 0. The first kappa shape index (κ1) is 16.3. The van der Waals surface area contributed by atoms with Gasteiger partial charge in [0.1, 0.15) is 0 Å². The van der Waals surface area contributed by atoms with Crippen molar-refractivity contribution in [2.75, 3.05) is 5.73 Å². The van der Waals surface area contributed by atoms with Gasteiger partial charge in [-0.15, -0.1) is 4.83 Å². The van der Waals surface area contributed by atoms with Gasteiger partial charge in [0.05, 0.1) is 4.90 Å². The fraction of sp³-hybridized carbons (Fsp3) is 0.600. The summed E-state index contributed by atoms with van der Waals surface area (Å²) in [5.74, 6) is 0. The van der Waals surface area contributed by atoms with Gasteiger partial charge in [-0.3, -0.25) is 0 Å². The first-order valence-corrected chi connectivity index (χ1v) is 8.88. The van der Waals surface area contributed by atoms with E-state index in [1.807, 2.05) is 11.9 Å². The molecule has 1 saturated heterocycles. The second-order valence-electron chi connectivity index (χ2n) is 6.11. The first-order chi connectivity index (χ1) is 9.72. The fourth-order valence-electron chi connectivity index (χ4n) is 2.92. The third kappa shape index (κ3) is 3.39. The van der Waals surface area contributed by atoms with Gasteiger partial charge in [-0.1, -0.05) is 6.42 Å². The maximum Gasteiger partial charge on any atom is 0.253 e. The van der Waals surface area contributed by atoms with Crippen LogP contribution in [0.25, 0.3) is 0 Å². The van der Waals surface area contributed by atoms with E-state index in [0.29, 0.717) is 11.3 Å². The van der Waals surface area contributed by atoms with E-state index in [4.69, 9.17) is 5.73 Å². The van der Waals surface area contributed by atoms with Crippen molar-refractivity contribution in [3.63, 3.8) is 0 Å². The lowest BCUT2D eigenvalue weighted by atomic mass is 10.0. The zero-order valence-electron chi connectivity index (χ0n) is 13.2. The van der Waals surface area contributed by atoms with Crippen molar-refractivity contribution in [1.82, 2.24) is 9.84 Å². The van der Waals surface area contributed by atoms with Crippen LogP contribution in [-0.4, -0.2) is 25.5 Å². The van der Waals surface area contributed by atoms with Crippen LogP contribution >= 0.6 is 0 Å². The lowest BCUT2D eigenvalue weighted by molar-refractivity contribution is 0.0790. The molecular formula is C15H25N3O2S. The van der Waals surface area contributed by atoms with Crippen LogP contribution < -0.4 is 10.6 Å². The van der Waals surface area contributed by atoms with E-state index in [0.717, 1.165) is 24.8 Å². The summed E-state index contributed by atoms with van der Waals surface area (Å²) in [6.45, 7) is 7.69. The lowest BCUT2D eigenvalue weighted by Crippen LogP contribution is -2.54. The number of nitrogens with two attached hydrogens (primary N) is 1. The minimum Gasteiger partial charge on any atom is -0.398 e. The molecule has 2 rings (SSSR count). The molecule has 0 saturated carbocycles. The average Bonchev–Trinajstić information content (AvgIpc) is 2.38. The number of nitrogens with zero attached hydrogens (tertiary/aromatic N) is 1. The van der Waals surface area contributed by atoms with Gasteiger partial charge in [-0.2, -0.15) is 0 Å². The normalized spacial score (nSPS) is 24.2. The minimum atomic E-state index is -3.61. The Balaban J connectivity index is 2.34. The molecule has 1 heterocycles. The number of rotatable bonds is 3. The quantitative estimate of drug-likeness (QED) is 0.840. The molecule has 1 aromatic carbocycles. The summed E-state index contributed by atoms with van der Waals surface area (Å²) < 4.78 is 25.4. The number of hydrogen-bond acceptors (Lipinski definition) is 4. The summed E-state index contributed by atoms with van der Waals surface area (Å²) in [5, 5.41) is 1.86. The Morgan fingerprint density at radius 2 is 1.76 bits per heavy atom. The Labute approximate surface area is 127 Å². The molecule has 0 aromatic heterocycles. The molecular weight excluding hydrogens is 286 g/mol. The van der Waals surface area contributed by atoms with Gasteiger partial charge in [-0.25, -0.2) is 13.4 Å². The molecule has 0 radical (unpaired) electrons. The summed E-state index contributed by atoms with van der Waals surface area (Å²) in [6, 6.07) is 3.87. The van der Waals surface area contributed by atoms with Crippen LogP contribution in [0.1, 0.15) is 44.2 Å². The van der Waals surface area contributed by atoms with Gasteiger partial charge < -0.3 is 5.73 Å². The molecule has 0 spiro atoms. The molecule has 118 valence electrons. The summed E-state index contributed by atoms with van der Waals surface area (Å²) in [5.41, 5.74) is 7.86. The molecule has 2 atom stereocenters. The van der Waals surface area contributed by atoms with Crippen LogP contribution in [0.15, 0.2) is 17.0 Å². The molecule has 0 amide bonds. The number of hydrazine groups is 1. The number of nitrogens with one attached hydrogen (secondary N) is 1. The van der Waals surface area contributed by atoms with Crippen molar-refractivity contribution in [3.05, 3.63) is 23.3 Å². The van der Waals surface area contributed by atoms with Crippen molar-refractivity contribution < 1.29 is 8.42 Å². The van der Waals surface area contributed by atoms with E-state index in [1.165, 1.54) is 0 Å². The summed E-state index contributed by atoms with van der Waals surface area (Å²) in [4.78, 5) is 3.02. The number of sulfonamides is 1. The van der Waals surface area contributed by atoms with Gasteiger partial charge >= 0.3 is 0 Å². The second kappa shape index (κ2) is 5.94. The highest BCUT2D eigenvalue weighted by molar-refractivity contribution is 7.89. The van der Waals surface area contributed by atoms with Crippen molar-refractivity contribution >= 4 is 15.7 Å². The minimum absolute atomic E-state index is 0.200. The van der Waals surface area contributed by atoms with E-state index in [2.05, 4.69) is 18.7 Å². The van der Waals surface area contributed by atoms with Crippen molar-refractivity contribution in [2.24, 2.45) is 0 Å². The van der Waals surface area contributed by atoms with Gasteiger partial charge in [0, 0.05) is 17.8 Å². The fourth-order valence-corrected chi connectivity index (χ4v) is 4.52. The van der Waals surface area contributed by atoms with E-state index in [9.17, 15) is 8.42 Å². The maximum absolute atomic E-state index is 12.7. The largest absolute Gasteiger partial charge is 0.398 e. The molecule has 3 N–H and O–H groups in total. The van der Waals surface area contributed by atoms with E-state index in [-0.39, 0.29) is 17.0 Å². The molecule has 0 aliphatic carbocycles. The van der Waals surface area contributed by atoms with E-state index < -0.39 is 10.0 Å². The smallest absolute Gasteiger partial charge is 0.253 e. The van der Waals surface area contributed by atoms with Crippen LogP contribution in [0, 0.1) is 13.8 Å². The highest BCUT2D eigenvalue weighted by Crippen LogP contribution is 2.26.